The van der Waals surface area contributed by atoms with Crippen LogP contribution in [0.1, 0.15) is 17.7 Å². The molecule has 2 heterocycles. The van der Waals surface area contributed by atoms with Crippen LogP contribution < -0.4 is 0 Å². The zero-order valence-corrected chi connectivity index (χ0v) is 10.5. The Balaban J connectivity index is 1.92. The van der Waals surface area contributed by atoms with Crippen molar-refractivity contribution in [2.24, 2.45) is 5.92 Å². The first kappa shape index (κ1) is 11.3. The van der Waals surface area contributed by atoms with E-state index in [-0.39, 0.29) is 5.92 Å². The third kappa shape index (κ3) is 2.01. The van der Waals surface area contributed by atoms with Crippen molar-refractivity contribution < 1.29 is 9.90 Å². The molecule has 4 nitrogen and oxygen atoms in total. The van der Waals surface area contributed by atoms with E-state index in [2.05, 4.69) is 9.97 Å². The average Bonchev–Trinajstić information content (AvgIpc) is 2.91. The second kappa shape index (κ2) is 4.49. The molecule has 92 valence electrons. The number of fused-ring (bicyclic) bond motifs is 1. The Hall–Kier alpha value is -1.75. The molecule has 5 heteroatoms. The molecular weight excluding hydrogens is 248 g/mol. The molecule has 0 spiro atoms. The number of hydrogen-bond donors (Lipinski definition) is 1. The number of hydrogen-bond acceptors (Lipinski definition) is 4. The molecule has 0 radical (unpaired) electrons. The van der Waals surface area contributed by atoms with Gasteiger partial charge in [0, 0.05) is 22.8 Å². The molecule has 1 aliphatic carbocycles. The van der Waals surface area contributed by atoms with E-state index in [1.54, 1.807) is 17.5 Å². The molecule has 0 bridgehead atoms. The van der Waals surface area contributed by atoms with Gasteiger partial charge in [0.05, 0.1) is 5.92 Å². The Labute approximate surface area is 108 Å². The molecule has 2 aromatic rings. The third-order valence-electron chi connectivity index (χ3n) is 3.28. The Kier molecular flexibility index (Phi) is 2.83. The van der Waals surface area contributed by atoms with Crippen molar-refractivity contribution in [2.75, 3.05) is 0 Å². The van der Waals surface area contributed by atoms with Gasteiger partial charge in [-0.1, -0.05) is 0 Å². The van der Waals surface area contributed by atoms with Crippen LogP contribution in [0, 0.1) is 5.92 Å². The third-order valence-corrected chi connectivity index (χ3v) is 3.96. The second-order valence-corrected chi connectivity index (χ2v) is 5.24. The number of carbonyl (C=O) groups is 1. The van der Waals surface area contributed by atoms with E-state index < -0.39 is 5.97 Å². The molecule has 1 aliphatic rings. The molecule has 0 aromatic carbocycles. The molecule has 2 aromatic heterocycles. The Morgan fingerprint density at radius 2 is 2.39 bits per heavy atom. The van der Waals surface area contributed by atoms with Crippen molar-refractivity contribution in [1.29, 1.82) is 0 Å². The van der Waals surface area contributed by atoms with Gasteiger partial charge in [-0.25, -0.2) is 9.97 Å². The lowest BCUT2D eigenvalue weighted by Crippen LogP contribution is -2.23. The van der Waals surface area contributed by atoms with Crippen molar-refractivity contribution in [1.82, 2.24) is 9.97 Å². The maximum Gasteiger partial charge on any atom is 0.306 e. The summed E-state index contributed by atoms with van der Waals surface area (Å²) in [5, 5.41) is 13.0. The fourth-order valence-electron chi connectivity index (χ4n) is 2.25. The molecule has 0 amide bonds. The van der Waals surface area contributed by atoms with Gasteiger partial charge in [-0.15, -0.1) is 0 Å². The summed E-state index contributed by atoms with van der Waals surface area (Å²) in [6.07, 6.45) is 3.73. The van der Waals surface area contributed by atoms with Crippen molar-refractivity contribution in [2.45, 2.75) is 19.3 Å². The van der Waals surface area contributed by atoms with Crippen LogP contribution in [-0.4, -0.2) is 21.0 Å². The summed E-state index contributed by atoms with van der Waals surface area (Å²) in [6, 6.07) is 2.00. The van der Waals surface area contributed by atoms with Gasteiger partial charge in [-0.2, -0.15) is 11.3 Å². The molecule has 0 saturated heterocycles. The first-order valence-corrected chi connectivity index (χ1v) is 6.78. The molecule has 0 aliphatic heterocycles. The highest BCUT2D eigenvalue weighted by Crippen LogP contribution is 2.26. The molecule has 18 heavy (non-hydrogen) atoms. The van der Waals surface area contributed by atoms with Crippen LogP contribution in [0.25, 0.3) is 11.4 Å². The quantitative estimate of drug-likeness (QED) is 0.900. The van der Waals surface area contributed by atoms with Gasteiger partial charge in [0.2, 0.25) is 0 Å². The standard InChI is InChI=1S/C13H12N2O2S/c16-13(17)8-1-2-11-10(5-8)6-14-12(15-11)9-3-4-18-7-9/h3-4,6-8H,1-2,5H2,(H,16,17). The Morgan fingerprint density at radius 1 is 1.50 bits per heavy atom. The van der Waals surface area contributed by atoms with Crippen LogP contribution in [0.2, 0.25) is 0 Å². The zero-order valence-electron chi connectivity index (χ0n) is 9.67. The first-order chi connectivity index (χ1) is 8.74. The van der Waals surface area contributed by atoms with Crippen molar-refractivity contribution >= 4 is 17.3 Å². The molecule has 1 unspecified atom stereocenters. The summed E-state index contributed by atoms with van der Waals surface area (Å²) in [6.45, 7) is 0. The summed E-state index contributed by atoms with van der Waals surface area (Å²) in [5.74, 6) is -0.264. The lowest BCUT2D eigenvalue weighted by atomic mass is 9.87. The van der Waals surface area contributed by atoms with Crippen LogP contribution in [-0.2, 0) is 17.6 Å². The highest BCUT2D eigenvalue weighted by atomic mass is 32.1. The molecule has 0 saturated carbocycles. The summed E-state index contributed by atoms with van der Waals surface area (Å²) in [7, 11) is 0. The number of rotatable bonds is 2. The average molecular weight is 260 g/mol. The largest absolute Gasteiger partial charge is 0.481 e. The summed E-state index contributed by atoms with van der Waals surface area (Å²) in [5.41, 5.74) is 3.01. The van der Waals surface area contributed by atoms with Crippen LogP contribution in [0.15, 0.2) is 23.0 Å². The smallest absolute Gasteiger partial charge is 0.306 e. The fourth-order valence-corrected chi connectivity index (χ4v) is 2.88. The minimum Gasteiger partial charge on any atom is -0.481 e. The highest BCUT2D eigenvalue weighted by molar-refractivity contribution is 7.08. The SMILES string of the molecule is O=C(O)C1CCc2nc(-c3ccsc3)ncc2C1. The van der Waals surface area contributed by atoms with Gasteiger partial charge in [-0.3, -0.25) is 4.79 Å². The molecular formula is C13H12N2O2S. The van der Waals surface area contributed by atoms with Gasteiger partial charge < -0.3 is 5.11 Å². The van der Waals surface area contributed by atoms with Gasteiger partial charge in [0.25, 0.3) is 0 Å². The Morgan fingerprint density at radius 3 is 3.11 bits per heavy atom. The molecule has 0 fully saturated rings. The van der Waals surface area contributed by atoms with Crippen LogP contribution in [0.5, 0.6) is 0 Å². The minimum atomic E-state index is -0.720. The molecule has 3 rings (SSSR count). The van der Waals surface area contributed by atoms with Gasteiger partial charge in [0.1, 0.15) is 0 Å². The van der Waals surface area contributed by atoms with Gasteiger partial charge >= 0.3 is 5.97 Å². The van der Waals surface area contributed by atoms with E-state index in [1.807, 2.05) is 16.8 Å². The van der Waals surface area contributed by atoms with Crippen molar-refractivity contribution in [3.05, 3.63) is 34.3 Å². The lowest BCUT2D eigenvalue weighted by Gasteiger charge is -2.20. The van der Waals surface area contributed by atoms with Crippen molar-refractivity contribution in [3.63, 3.8) is 0 Å². The minimum absolute atomic E-state index is 0.284. The van der Waals surface area contributed by atoms with Gasteiger partial charge in [0.15, 0.2) is 5.82 Å². The van der Waals surface area contributed by atoms with Crippen LogP contribution >= 0.6 is 11.3 Å². The maximum atomic E-state index is 11.0. The Bertz CT molecular complexity index is 581. The van der Waals surface area contributed by atoms with E-state index in [9.17, 15) is 4.79 Å². The van der Waals surface area contributed by atoms with E-state index in [1.165, 1.54) is 0 Å². The van der Waals surface area contributed by atoms with E-state index in [4.69, 9.17) is 5.11 Å². The fraction of sp³-hybridized carbons (Fsp3) is 0.308. The van der Waals surface area contributed by atoms with E-state index in [0.717, 1.165) is 29.1 Å². The number of carboxylic acid groups (broad SMARTS) is 1. The number of thiophene rings is 1. The monoisotopic (exact) mass is 260 g/mol. The normalized spacial score (nSPS) is 18.3. The van der Waals surface area contributed by atoms with Crippen LogP contribution in [0.4, 0.5) is 0 Å². The van der Waals surface area contributed by atoms with Crippen LogP contribution in [0.3, 0.4) is 0 Å². The lowest BCUT2D eigenvalue weighted by molar-refractivity contribution is -0.142. The van der Waals surface area contributed by atoms with E-state index in [0.29, 0.717) is 12.8 Å². The summed E-state index contributed by atoms with van der Waals surface area (Å²) in [4.78, 5) is 19.9. The number of aromatic nitrogens is 2. The molecule has 1 atom stereocenters. The summed E-state index contributed by atoms with van der Waals surface area (Å²) < 4.78 is 0. The second-order valence-electron chi connectivity index (χ2n) is 4.46. The highest BCUT2D eigenvalue weighted by Gasteiger charge is 2.25. The first-order valence-electron chi connectivity index (χ1n) is 5.84. The van der Waals surface area contributed by atoms with Crippen molar-refractivity contribution in [3.8, 4) is 11.4 Å². The predicted octanol–water partition coefficient (Wildman–Crippen LogP) is 2.39. The summed E-state index contributed by atoms with van der Waals surface area (Å²) >= 11 is 1.62. The zero-order chi connectivity index (χ0) is 12.5. The van der Waals surface area contributed by atoms with Gasteiger partial charge in [-0.05, 0) is 36.3 Å². The predicted molar refractivity (Wildman–Crippen MR) is 68.5 cm³/mol. The number of carboxylic acids is 1. The number of aryl methyl sites for hydroxylation is 1. The molecule has 1 N–H and O–H groups in total. The topological polar surface area (TPSA) is 63.1 Å². The maximum absolute atomic E-state index is 11.0. The number of nitrogens with zero attached hydrogens (tertiary/aromatic N) is 2. The number of aliphatic carboxylic acids is 1. The van der Waals surface area contributed by atoms with E-state index >= 15 is 0 Å².